The van der Waals surface area contributed by atoms with Crippen LogP contribution in [0.4, 0.5) is 4.79 Å². The van der Waals surface area contributed by atoms with Gasteiger partial charge in [-0.25, -0.2) is 0 Å². The van der Waals surface area contributed by atoms with Crippen LogP contribution in [0, 0.1) is 0 Å². The SMILES string of the molecule is CCOc1cc(C=C2SC(=O)N(CC)C2=O)cc(Cl)c1OC. The predicted octanol–water partition coefficient (Wildman–Crippen LogP) is 3.80. The Labute approximate surface area is 138 Å². The van der Waals surface area contributed by atoms with Crippen molar-refractivity contribution >= 4 is 40.6 Å². The van der Waals surface area contributed by atoms with Gasteiger partial charge in [-0.15, -0.1) is 0 Å². The first-order valence-corrected chi connectivity index (χ1v) is 7.96. The van der Waals surface area contributed by atoms with Gasteiger partial charge in [0.05, 0.1) is 23.6 Å². The molecule has 118 valence electrons. The highest BCUT2D eigenvalue weighted by molar-refractivity contribution is 8.18. The molecule has 2 rings (SSSR count). The fourth-order valence-electron chi connectivity index (χ4n) is 2.06. The van der Waals surface area contributed by atoms with E-state index in [0.717, 1.165) is 11.8 Å². The Hall–Kier alpha value is -1.66. The van der Waals surface area contributed by atoms with Crippen molar-refractivity contribution in [3.05, 3.63) is 27.6 Å². The van der Waals surface area contributed by atoms with E-state index in [1.165, 1.54) is 12.0 Å². The number of likely N-dealkylation sites (N-methyl/N-ethyl adjacent to an activating group) is 1. The minimum atomic E-state index is -0.289. The number of nitrogens with zero attached hydrogens (tertiary/aromatic N) is 1. The summed E-state index contributed by atoms with van der Waals surface area (Å²) in [7, 11) is 1.51. The van der Waals surface area contributed by atoms with Crippen LogP contribution in [0.15, 0.2) is 17.0 Å². The summed E-state index contributed by atoms with van der Waals surface area (Å²) in [5, 5.41) is 0.123. The standard InChI is InChI=1S/C15H16ClNO4S/c1-4-17-14(18)12(22-15(17)19)8-9-6-10(16)13(20-3)11(7-9)21-5-2/h6-8H,4-5H2,1-3H3. The molecule has 0 radical (unpaired) electrons. The molecule has 1 heterocycles. The van der Waals surface area contributed by atoms with Gasteiger partial charge >= 0.3 is 0 Å². The highest BCUT2D eigenvalue weighted by Crippen LogP contribution is 2.38. The minimum absolute atomic E-state index is 0.261. The molecule has 0 aromatic heterocycles. The van der Waals surface area contributed by atoms with Crippen molar-refractivity contribution in [2.75, 3.05) is 20.3 Å². The number of rotatable bonds is 5. The van der Waals surface area contributed by atoms with Crippen molar-refractivity contribution in [3.63, 3.8) is 0 Å². The van der Waals surface area contributed by atoms with Gasteiger partial charge in [0.25, 0.3) is 11.1 Å². The van der Waals surface area contributed by atoms with E-state index in [1.54, 1.807) is 25.1 Å². The summed E-state index contributed by atoms with van der Waals surface area (Å²) in [4.78, 5) is 25.4. The maximum Gasteiger partial charge on any atom is 0.293 e. The fourth-order valence-corrected chi connectivity index (χ4v) is 3.26. The van der Waals surface area contributed by atoms with Gasteiger partial charge in [-0.05, 0) is 49.4 Å². The van der Waals surface area contributed by atoms with E-state index in [4.69, 9.17) is 21.1 Å². The molecule has 7 heteroatoms. The number of amides is 2. The van der Waals surface area contributed by atoms with Crippen molar-refractivity contribution < 1.29 is 19.1 Å². The lowest BCUT2D eigenvalue weighted by atomic mass is 10.1. The quantitative estimate of drug-likeness (QED) is 0.762. The number of benzene rings is 1. The summed E-state index contributed by atoms with van der Waals surface area (Å²) in [6, 6.07) is 3.40. The van der Waals surface area contributed by atoms with Gasteiger partial charge in [-0.3, -0.25) is 14.5 Å². The first-order valence-electron chi connectivity index (χ1n) is 6.77. The molecule has 1 aromatic carbocycles. The number of hydrogen-bond acceptors (Lipinski definition) is 5. The molecule has 1 aromatic rings. The maximum atomic E-state index is 12.1. The first-order chi connectivity index (χ1) is 10.5. The highest BCUT2D eigenvalue weighted by atomic mass is 35.5. The third-order valence-corrected chi connectivity index (χ3v) is 4.21. The molecule has 1 aliphatic heterocycles. The van der Waals surface area contributed by atoms with E-state index in [9.17, 15) is 9.59 Å². The average molecular weight is 342 g/mol. The van der Waals surface area contributed by atoms with Crippen LogP contribution in [0.25, 0.3) is 6.08 Å². The summed E-state index contributed by atoms with van der Waals surface area (Å²) in [5.74, 6) is 0.656. The molecule has 0 saturated carbocycles. The van der Waals surface area contributed by atoms with Gasteiger partial charge < -0.3 is 9.47 Å². The second-order valence-corrected chi connectivity index (χ2v) is 5.79. The monoisotopic (exact) mass is 341 g/mol. The third kappa shape index (κ3) is 3.23. The number of ether oxygens (including phenoxy) is 2. The van der Waals surface area contributed by atoms with Crippen molar-refractivity contribution in [3.8, 4) is 11.5 Å². The zero-order chi connectivity index (χ0) is 16.3. The zero-order valence-corrected chi connectivity index (χ0v) is 14.1. The molecule has 0 bridgehead atoms. The Kier molecular flexibility index (Phi) is 5.37. The summed E-state index contributed by atoms with van der Waals surface area (Å²) >= 11 is 7.09. The average Bonchev–Trinajstić information content (AvgIpc) is 2.73. The lowest BCUT2D eigenvalue weighted by molar-refractivity contribution is -0.122. The molecule has 1 aliphatic rings. The summed E-state index contributed by atoms with van der Waals surface area (Å²) in [6.07, 6.45) is 1.63. The lowest BCUT2D eigenvalue weighted by Gasteiger charge is -2.12. The fraction of sp³-hybridized carbons (Fsp3) is 0.333. The molecular weight excluding hydrogens is 326 g/mol. The van der Waals surface area contributed by atoms with E-state index < -0.39 is 0 Å². The normalized spacial score (nSPS) is 16.5. The van der Waals surface area contributed by atoms with Gasteiger partial charge in [-0.1, -0.05) is 11.6 Å². The van der Waals surface area contributed by atoms with Crippen LogP contribution in [0.5, 0.6) is 11.5 Å². The van der Waals surface area contributed by atoms with E-state index in [1.807, 2.05) is 6.92 Å². The number of thioether (sulfide) groups is 1. The van der Waals surface area contributed by atoms with Gasteiger partial charge in [0, 0.05) is 6.54 Å². The van der Waals surface area contributed by atoms with Gasteiger partial charge in [0.2, 0.25) is 0 Å². The molecule has 2 amide bonds. The summed E-state index contributed by atoms with van der Waals surface area (Å²) in [5.41, 5.74) is 0.677. The summed E-state index contributed by atoms with van der Waals surface area (Å²) in [6.45, 7) is 4.43. The number of imide groups is 1. The Morgan fingerprint density at radius 3 is 2.59 bits per heavy atom. The third-order valence-electron chi connectivity index (χ3n) is 3.02. The number of carbonyl (C=O) groups excluding carboxylic acids is 2. The molecule has 1 fully saturated rings. The van der Waals surface area contributed by atoms with Crippen LogP contribution in [0.2, 0.25) is 5.02 Å². The lowest BCUT2D eigenvalue weighted by Crippen LogP contribution is -2.27. The van der Waals surface area contributed by atoms with Gasteiger partial charge in [0.1, 0.15) is 0 Å². The van der Waals surface area contributed by atoms with Crippen LogP contribution < -0.4 is 9.47 Å². The molecule has 0 atom stereocenters. The first kappa shape index (κ1) is 16.7. The van der Waals surface area contributed by atoms with E-state index in [2.05, 4.69) is 0 Å². The highest BCUT2D eigenvalue weighted by Gasteiger charge is 2.33. The zero-order valence-electron chi connectivity index (χ0n) is 12.5. The smallest absolute Gasteiger partial charge is 0.293 e. The molecular formula is C15H16ClNO4S. The van der Waals surface area contributed by atoms with Crippen LogP contribution in [-0.4, -0.2) is 36.3 Å². The number of halogens is 1. The molecule has 0 N–H and O–H groups in total. The number of hydrogen-bond donors (Lipinski definition) is 0. The minimum Gasteiger partial charge on any atom is -0.491 e. The van der Waals surface area contributed by atoms with Crippen LogP contribution in [-0.2, 0) is 4.79 Å². The molecule has 0 spiro atoms. The van der Waals surface area contributed by atoms with Crippen LogP contribution >= 0.6 is 23.4 Å². The van der Waals surface area contributed by atoms with Crippen molar-refractivity contribution in [1.82, 2.24) is 4.90 Å². The molecule has 5 nitrogen and oxygen atoms in total. The van der Waals surface area contributed by atoms with Crippen molar-refractivity contribution in [2.24, 2.45) is 0 Å². The van der Waals surface area contributed by atoms with Gasteiger partial charge in [0.15, 0.2) is 11.5 Å². The topological polar surface area (TPSA) is 55.8 Å². The molecule has 0 unspecified atom stereocenters. The Bertz CT molecular complexity index is 645. The second-order valence-electron chi connectivity index (χ2n) is 4.39. The largest absolute Gasteiger partial charge is 0.491 e. The molecule has 22 heavy (non-hydrogen) atoms. The summed E-state index contributed by atoms with van der Waals surface area (Å²) < 4.78 is 10.7. The van der Waals surface area contributed by atoms with Crippen LogP contribution in [0.1, 0.15) is 19.4 Å². The van der Waals surface area contributed by atoms with Crippen molar-refractivity contribution in [1.29, 1.82) is 0 Å². The molecule has 0 aliphatic carbocycles. The predicted molar refractivity (Wildman–Crippen MR) is 87.5 cm³/mol. The maximum absolute atomic E-state index is 12.1. The molecule has 1 saturated heterocycles. The second kappa shape index (κ2) is 7.07. The van der Waals surface area contributed by atoms with Crippen molar-refractivity contribution in [2.45, 2.75) is 13.8 Å². The van der Waals surface area contributed by atoms with Crippen LogP contribution in [0.3, 0.4) is 0 Å². The number of methoxy groups -OCH3 is 1. The Balaban J connectivity index is 2.40. The van der Waals surface area contributed by atoms with Gasteiger partial charge in [-0.2, -0.15) is 0 Å². The van der Waals surface area contributed by atoms with E-state index >= 15 is 0 Å². The van der Waals surface area contributed by atoms with E-state index in [0.29, 0.717) is 40.1 Å². The number of carbonyl (C=O) groups is 2. The Morgan fingerprint density at radius 2 is 2.05 bits per heavy atom. The van der Waals surface area contributed by atoms with E-state index in [-0.39, 0.29) is 11.1 Å². The Morgan fingerprint density at radius 1 is 1.32 bits per heavy atom.